The van der Waals surface area contributed by atoms with Gasteiger partial charge in [0.05, 0.1) is 0 Å². The van der Waals surface area contributed by atoms with Crippen LogP contribution in [0.3, 0.4) is 0 Å². The second-order valence-electron chi connectivity index (χ2n) is 4.90. The monoisotopic (exact) mass is 227 g/mol. The first-order valence-electron chi connectivity index (χ1n) is 6.29. The summed E-state index contributed by atoms with van der Waals surface area (Å²) in [6.07, 6.45) is 1.72. The van der Waals surface area contributed by atoms with Gasteiger partial charge in [-0.05, 0) is 20.0 Å². The first kappa shape index (κ1) is 13.5. The number of likely N-dealkylation sites (N-methyl/N-ethyl adjacent to an activating group) is 1. The second-order valence-corrected chi connectivity index (χ2v) is 4.90. The van der Waals surface area contributed by atoms with Crippen LogP contribution >= 0.6 is 0 Å². The fourth-order valence-corrected chi connectivity index (χ4v) is 1.92. The first-order chi connectivity index (χ1) is 7.59. The van der Waals surface area contributed by atoms with Crippen molar-refractivity contribution in [3.63, 3.8) is 0 Å². The van der Waals surface area contributed by atoms with Gasteiger partial charge in [-0.3, -0.25) is 4.79 Å². The SMILES string of the molecule is CC(C)NCCC(=O)N1CCCN(C)CC1. The third-order valence-corrected chi connectivity index (χ3v) is 2.96. The highest BCUT2D eigenvalue weighted by atomic mass is 16.2. The number of nitrogens with zero attached hydrogens (tertiary/aromatic N) is 2. The Labute approximate surface area is 99.0 Å². The van der Waals surface area contributed by atoms with Crippen molar-refractivity contribution in [2.45, 2.75) is 32.7 Å². The number of nitrogens with one attached hydrogen (secondary N) is 1. The van der Waals surface area contributed by atoms with Crippen molar-refractivity contribution < 1.29 is 4.79 Å². The topological polar surface area (TPSA) is 35.6 Å². The second kappa shape index (κ2) is 6.86. The van der Waals surface area contributed by atoms with Crippen molar-refractivity contribution in [2.75, 3.05) is 39.8 Å². The van der Waals surface area contributed by atoms with Gasteiger partial charge < -0.3 is 15.1 Å². The predicted octanol–water partition coefficient (Wildman–Crippen LogP) is 0.539. The molecule has 0 aromatic carbocycles. The van der Waals surface area contributed by atoms with Gasteiger partial charge in [0.2, 0.25) is 5.91 Å². The summed E-state index contributed by atoms with van der Waals surface area (Å²) in [6, 6.07) is 0.461. The van der Waals surface area contributed by atoms with Gasteiger partial charge in [-0.15, -0.1) is 0 Å². The Balaban J connectivity index is 2.24. The van der Waals surface area contributed by atoms with Crippen LogP contribution in [-0.2, 0) is 4.79 Å². The van der Waals surface area contributed by atoms with Gasteiger partial charge in [0, 0.05) is 38.6 Å². The van der Waals surface area contributed by atoms with Gasteiger partial charge >= 0.3 is 0 Å². The molecule has 0 aromatic rings. The van der Waals surface area contributed by atoms with Crippen molar-refractivity contribution in [1.82, 2.24) is 15.1 Å². The summed E-state index contributed by atoms with van der Waals surface area (Å²) in [5, 5.41) is 3.28. The summed E-state index contributed by atoms with van der Waals surface area (Å²) in [5.41, 5.74) is 0. The van der Waals surface area contributed by atoms with E-state index in [4.69, 9.17) is 0 Å². The summed E-state index contributed by atoms with van der Waals surface area (Å²) in [6.45, 7) is 8.92. The average molecular weight is 227 g/mol. The minimum absolute atomic E-state index is 0.295. The number of amides is 1. The number of carbonyl (C=O) groups is 1. The van der Waals surface area contributed by atoms with Crippen LogP contribution in [0, 0.1) is 0 Å². The van der Waals surface area contributed by atoms with E-state index >= 15 is 0 Å². The van der Waals surface area contributed by atoms with Gasteiger partial charge in [-0.2, -0.15) is 0 Å². The maximum Gasteiger partial charge on any atom is 0.223 e. The molecule has 4 nitrogen and oxygen atoms in total. The smallest absolute Gasteiger partial charge is 0.223 e. The van der Waals surface area contributed by atoms with Crippen LogP contribution in [0.2, 0.25) is 0 Å². The molecule has 1 heterocycles. The highest BCUT2D eigenvalue weighted by Crippen LogP contribution is 2.02. The maximum atomic E-state index is 11.9. The van der Waals surface area contributed by atoms with Crippen LogP contribution in [0.25, 0.3) is 0 Å². The molecule has 0 bridgehead atoms. The van der Waals surface area contributed by atoms with Gasteiger partial charge in [-0.1, -0.05) is 13.8 Å². The molecule has 0 atom stereocenters. The highest BCUT2D eigenvalue weighted by molar-refractivity contribution is 5.76. The summed E-state index contributed by atoms with van der Waals surface area (Å²) in [7, 11) is 2.12. The van der Waals surface area contributed by atoms with Crippen molar-refractivity contribution in [1.29, 1.82) is 0 Å². The van der Waals surface area contributed by atoms with E-state index in [1.165, 1.54) is 0 Å². The largest absolute Gasteiger partial charge is 0.341 e. The zero-order chi connectivity index (χ0) is 12.0. The Morgan fingerprint density at radius 2 is 2.00 bits per heavy atom. The molecule has 0 unspecified atom stereocenters. The Hall–Kier alpha value is -0.610. The summed E-state index contributed by atoms with van der Waals surface area (Å²) >= 11 is 0. The van der Waals surface area contributed by atoms with E-state index in [-0.39, 0.29) is 0 Å². The van der Waals surface area contributed by atoms with Gasteiger partial charge in [-0.25, -0.2) is 0 Å². The van der Waals surface area contributed by atoms with Crippen LogP contribution in [-0.4, -0.2) is 61.5 Å². The molecule has 0 radical (unpaired) electrons. The first-order valence-corrected chi connectivity index (χ1v) is 6.29. The lowest BCUT2D eigenvalue weighted by atomic mass is 10.3. The number of hydrogen-bond acceptors (Lipinski definition) is 3. The number of rotatable bonds is 4. The van der Waals surface area contributed by atoms with E-state index in [1.807, 2.05) is 4.90 Å². The molecule has 1 fully saturated rings. The molecule has 1 rings (SSSR count). The minimum Gasteiger partial charge on any atom is -0.341 e. The molecule has 0 spiro atoms. The zero-order valence-corrected chi connectivity index (χ0v) is 10.8. The van der Waals surface area contributed by atoms with E-state index in [1.54, 1.807) is 0 Å². The van der Waals surface area contributed by atoms with Crippen molar-refractivity contribution in [2.24, 2.45) is 0 Å². The lowest BCUT2D eigenvalue weighted by Gasteiger charge is -2.21. The van der Waals surface area contributed by atoms with Crippen LogP contribution in [0.15, 0.2) is 0 Å². The van der Waals surface area contributed by atoms with Gasteiger partial charge in [0.1, 0.15) is 0 Å². The predicted molar refractivity (Wildman–Crippen MR) is 66.4 cm³/mol. The number of hydrogen-bond donors (Lipinski definition) is 1. The Kier molecular flexibility index (Phi) is 5.77. The molecular formula is C12H25N3O. The summed E-state index contributed by atoms with van der Waals surface area (Å²) in [5.74, 6) is 0.295. The number of carbonyl (C=O) groups excluding carboxylic acids is 1. The van der Waals surface area contributed by atoms with Gasteiger partial charge in [0.15, 0.2) is 0 Å². The molecule has 0 aliphatic carbocycles. The quantitative estimate of drug-likeness (QED) is 0.761. The minimum atomic E-state index is 0.295. The molecule has 1 N–H and O–H groups in total. The molecule has 0 aromatic heterocycles. The molecule has 1 aliphatic heterocycles. The standard InChI is InChI=1S/C12H25N3O/c1-11(2)13-6-5-12(16)15-8-4-7-14(3)9-10-15/h11,13H,4-10H2,1-3H3. The van der Waals surface area contributed by atoms with Crippen LogP contribution < -0.4 is 5.32 Å². The van der Waals surface area contributed by atoms with Crippen LogP contribution in [0.1, 0.15) is 26.7 Å². The maximum absolute atomic E-state index is 11.9. The summed E-state index contributed by atoms with van der Waals surface area (Å²) < 4.78 is 0. The molecule has 0 saturated carbocycles. The molecular weight excluding hydrogens is 202 g/mol. The third kappa shape index (κ3) is 4.94. The van der Waals surface area contributed by atoms with E-state index in [2.05, 4.69) is 31.1 Å². The Morgan fingerprint density at radius 1 is 1.25 bits per heavy atom. The van der Waals surface area contributed by atoms with Crippen molar-refractivity contribution in [3.8, 4) is 0 Å². The fraction of sp³-hybridized carbons (Fsp3) is 0.917. The fourth-order valence-electron chi connectivity index (χ4n) is 1.92. The normalized spacial score (nSPS) is 18.9. The van der Waals surface area contributed by atoms with E-state index in [9.17, 15) is 4.79 Å². The Bertz CT molecular complexity index is 218. The summed E-state index contributed by atoms with van der Waals surface area (Å²) in [4.78, 5) is 16.2. The molecule has 1 aliphatic rings. The highest BCUT2D eigenvalue weighted by Gasteiger charge is 2.16. The Morgan fingerprint density at radius 3 is 2.69 bits per heavy atom. The van der Waals surface area contributed by atoms with Crippen LogP contribution in [0.5, 0.6) is 0 Å². The molecule has 1 amide bonds. The molecule has 94 valence electrons. The van der Waals surface area contributed by atoms with E-state index in [0.29, 0.717) is 18.4 Å². The zero-order valence-electron chi connectivity index (χ0n) is 10.8. The third-order valence-electron chi connectivity index (χ3n) is 2.96. The van der Waals surface area contributed by atoms with E-state index in [0.717, 1.165) is 39.1 Å². The van der Waals surface area contributed by atoms with Gasteiger partial charge in [0.25, 0.3) is 0 Å². The molecule has 4 heteroatoms. The van der Waals surface area contributed by atoms with Crippen LogP contribution in [0.4, 0.5) is 0 Å². The lowest BCUT2D eigenvalue weighted by molar-refractivity contribution is -0.130. The lowest BCUT2D eigenvalue weighted by Crippen LogP contribution is -2.36. The molecule has 16 heavy (non-hydrogen) atoms. The van der Waals surface area contributed by atoms with Crippen molar-refractivity contribution >= 4 is 5.91 Å². The van der Waals surface area contributed by atoms with Crippen molar-refractivity contribution in [3.05, 3.63) is 0 Å². The average Bonchev–Trinajstić information content (AvgIpc) is 2.42. The molecule has 1 saturated heterocycles. The van der Waals surface area contributed by atoms with E-state index < -0.39 is 0 Å².